The van der Waals surface area contributed by atoms with Crippen molar-refractivity contribution in [3.8, 4) is 0 Å². The Labute approximate surface area is 116 Å². The molecule has 19 heavy (non-hydrogen) atoms. The molecule has 1 atom stereocenters. The molecule has 0 radical (unpaired) electrons. The number of nitrogens with zero attached hydrogens (tertiary/aromatic N) is 3. The van der Waals surface area contributed by atoms with E-state index in [2.05, 4.69) is 11.7 Å². The average molecular weight is 291 g/mol. The van der Waals surface area contributed by atoms with E-state index in [0.717, 1.165) is 32.4 Å². The highest BCUT2D eigenvalue weighted by molar-refractivity contribution is 7.51. The van der Waals surface area contributed by atoms with E-state index in [9.17, 15) is 9.46 Å². The number of hydrogen-bond donors (Lipinski definition) is 1. The highest BCUT2D eigenvalue weighted by atomic mass is 31.2. The molecule has 1 heterocycles. The van der Waals surface area contributed by atoms with Crippen LogP contribution in [0.2, 0.25) is 0 Å². The van der Waals surface area contributed by atoms with Gasteiger partial charge in [0.1, 0.15) is 0 Å². The van der Waals surface area contributed by atoms with Crippen molar-refractivity contribution in [1.82, 2.24) is 9.80 Å². The fourth-order valence-corrected chi connectivity index (χ4v) is 2.93. The van der Waals surface area contributed by atoms with Crippen LogP contribution < -0.4 is 0 Å². The number of likely N-dealkylation sites (N-methyl/N-ethyl adjacent to an activating group) is 2. The lowest BCUT2D eigenvalue weighted by Crippen LogP contribution is -2.28. The van der Waals surface area contributed by atoms with Crippen molar-refractivity contribution in [1.29, 1.82) is 0 Å². The summed E-state index contributed by atoms with van der Waals surface area (Å²) in [7, 11) is -0.159. The normalized spacial score (nSPS) is 18.8. The second-order valence-electron chi connectivity index (χ2n) is 4.98. The molecule has 1 aliphatic rings. The van der Waals surface area contributed by atoms with Gasteiger partial charge in [-0.2, -0.15) is 0 Å². The van der Waals surface area contributed by atoms with Crippen LogP contribution in [0.3, 0.4) is 0 Å². The zero-order valence-electron chi connectivity index (χ0n) is 12.2. The SMILES string of the molecule is CCCCCCCOP(=O)(O)N=C1N(C)CCN1C. The lowest BCUT2D eigenvalue weighted by Gasteiger charge is -2.17. The van der Waals surface area contributed by atoms with E-state index >= 15 is 0 Å². The Morgan fingerprint density at radius 1 is 1.21 bits per heavy atom. The zero-order valence-corrected chi connectivity index (χ0v) is 13.1. The van der Waals surface area contributed by atoms with Gasteiger partial charge in [-0.1, -0.05) is 32.6 Å². The van der Waals surface area contributed by atoms with Crippen LogP contribution in [0.4, 0.5) is 0 Å². The van der Waals surface area contributed by atoms with Crippen LogP contribution in [0, 0.1) is 0 Å². The molecule has 1 unspecified atom stereocenters. The fraction of sp³-hybridized carbons (Fsp3) is 0.917. The first-order valence-electron chi connectivity index (χ1n) is 6.96. The summed E-state index contributed by atoms with van der Waals surface area (Å²) in [6.45, 7) is 4.07. The largest absolute Gasteiger partial charge is 0.454 e. The van der Waals surface area contributed by atoms with Gasteiger partial charge in [-0.25, -0.2) is 4.57 Å². The third-order valence-electron chi connectivity index (χ3n) is 3.18. The average Bonchev–Trinajstić information content (AvgIpc) is 2.65. The predicted molar refractivity (Wildman–Crippen MR) is 77.2 cm³/mol. The van der Waals surface area contributed by atoms with Crippen molar-refractivity contribution in [2.24, 2.45) is 4.76 Å². The Bertz CT molecular complexity index is 337. The maximum atomic E-state index is 11.8. The molecule has 7 heteroatoms. The van der Waals surface area contributed by atoms with Crippen LogP contribution >= 0.6 is 7.75 Å². The van der Waals surface area contributed by atoms with Crippen LogP contribution in [0.25, 0.3) is 0 Å². The van der Waals surface area contributed by atoms with Crippen LogP contribution in [0.1, 0.15) is 39.0 Å². The summed E-state index contributed by atoms with van der Waals surface area (Å²) in [5.41, 5.74) is 0. The molecule has 0 spiro atoms. The first-order chi connectivity index (χ1) is 8.96. The molecular formula is C12H26N3O3P. The number of hydrogen-bond acceptors (Lipinski definition) is 2. The minimum atomic E-state index is -3.87. The van der Waals surface area contributed by atoms with Gasteiger partial charge in [0.05, 0.1) is 6.61 Å². The molecule has 1 rings (SSSR count). The van der Waals surface area contributed by atoms with Gasteiger partial charge < -0.3 is 14.7 Å². The van der Waals surface area contributed by atoms with Gasteiger partial charge >= 0.3 is 7.75 Å². The van der Waals surface area contributed by atoms with E-state index in [1.165, 1.54) is 12.8 Å². The molecular weight excluding hydrogens is 265 g/mol. The lowest BCUT2D eigenvalue weighted by atomic mass is 10.2. The standard InChI is InChI=1S/C12H26N3O3P/c1-4-5-6-7-8-11-18-19(16,17)13-12-14(2)9-10-15(12)3/h4-11H2,1-3H3,(H,16,17). The molecule has 0 saturated carbocycles. The van der Waals surface area contributed by atoms with E-state index < -0.39 is 7.75 Å². The lowest BCUT2D eigenvalue weighted by molar-refractivity contribution is 0.253. The zero-order chi connectivity index (χ0) is 14.3. The van der Waals surface area contributed by atoms with E-state index in [4.69, 9.17) is 4.52 Å². The summed E-state index contributed by atoms with van der Waals surface area (Å²) in [6.07, 6.45) is 5.38. The highest BCUT2D eigenvalue weighted by Gasteiger charge is 2.26. The van der Waals surface area contributed by atoms with Crippen LogP contribution in [-0.4, -0.2) is 54.4 Å². The van der Waals surface area contributed by atoms with Gasteiger partial charge in [0.15, 0.2) is 0 Å². The molecule has 0 aromatic carbocycles. The van der Waals surface area contributed by atoms with E-state index in [0.29, 0.717) is 12.6 Å². The minimum Gasteiger partial charge on any atom is -0.344 e. The van der Waals surface area contributed by atoms with Crippen LogP contribution in [0.15, 0.2) is 4.76 Å². The summed E-state index contributed by atoms with van der Waals surface area (Å²) in [5.74, 6) is 0.525. The van der Waals surface area contributed by atoms with Gasteiger partial charge in [0, 0.05) is 27.2 Å². The maximum Gasteiger partial charge on any atom is 0.454 e. The van der Waals surface area contributed by atoms with E-state index in [1.807, 2.05) is 23.9 Å². The molecule has 6 nitrogen and oxygen atoms in total. The Morgan fingerprint density at radius 2 is 1.79 bits per heavy atom. The van der Waals surface area contributed by atoms with Crippen molar-refractivity contribution in [2.45, 2.75) is 39.0 Å². The fourth-order valence-electron chi connectivity index (χ4n) is 1.98. The molecule has 1 saturated heterocycles. The summed E-state index contributed by atoms with van der Waals surface area (Å²) >= 11 is 0. The summed E-state index contributed by atoms with van der Waals surface area (Å²) in [4.78, 5) is 13.4. The summed E-state index contributed by atoms with van der Waals surface area (Å²) in [6, 6.07) is 0. The Morgan fingerprint density at radius 3 is 2.37 bits per heavy atom. The van der Waals surface area contributed by atoms with Crippen molar-refractivity contribution >= 4 is 13.7 Å². The van der Waals surface area contributed by atoms with Gasteiger partial charge in [0.25, 0.3) is 0 Å². The van der Waals surface area contributed by atoms with Gasteiger partial charge in [-0.05, 0) is 6.42 Å². The molecule has 0 aromatic rings. The second-order valence-corrected chi connectivity index (χ2v) is 6.42. The van der Waals surface area contributed by atoms with Crippen molar-refractivity contribution in [2.75, 3.05) is 33.8 Å². The smallest absolute Gasteiger partial charge is 0.344 e. The van der Waals surface area contributed by atoms with E-state index in [-0.39, 0.29) is 0 Å². The topological polar surface area (TPSA) is 65.4 Å². The molecule has 1 N–H and O–H groups in total. The van der Waals surface area contributed by atoms with Gasteiger partial charge in [-0.3, -0.25) is 4.52 Å². The minimum absolute atomic E-state index is 0.293. The van der Waals surface area contributed by atoms with Crippen molar-refractivity contribution in [3.63, 3.8) is 0 Å². The number of guanidine groups is 1. The second kappa shape index (κ2) is 7.88. The third-order valence-corrected chi connectivity index (χ3v) is 4.13. The third kappa shape index (κ3) is 5.93. The monoisotopic (exact) mass is 291 g/mol. The number of unbranched alkanes of at least 4 members (excludes halogenated alkanes) is 4. The van der Waals surface area contributed by atoms with Crippen molar-refractivity contribution < 1.29 is 14.0 Å². The molecule has 1 aliphatic heterocycles. The molecule has 0 bridgehead atoms. The molecule has 0 aliphatic carbocycles. The molecule has 0 aromatic heterocycles. The van der Waals surface area contributed by atoms with Crippen LogP contribution in [0.5, 0.6) is 0 Å². The summed E-state index contributed by atoms with van der Waals surface area (Å²) < 4.78 is 20.7. The van der Waals surface area contributed by atoms with E-state index in [1.54, 1.807) is 0 Å². The highest BCUT2D eigenvalue weighted by Crippen LogP contribution is 2.44. The quantitative estimate of drug-likeness (QED) is 0.549. The van der Waals surface area contributed by atoms with Gasteiger partial charge in [0.2, 0.25) is 5.96 Å². The maximum absolute atomic E-state index is 11.8. The Hall–Kier alpha value is -0.580. The molecule has 112 valence electrons. The molecule has 1 fully saturated rings. The van der Waals surface area contributed by atoms with Gasteiger partial charge in [-0.15, -0.1) is 4.76 Å². The molecule has 0 amide bonds. The van der Waals surface area contributed by atoms with Crippen molar-refractivity contribution in [3.05, 3.63) is 0 Å². The first kappa shape index (κ1) is 16.5. The Balaban J connectivity index is 2.35. The number of rotatable bonds is 8. The van der Waals surface area contributed by atoms with Crippen LogP contribution in [-0.2, 0) is 9.09 Å². The Kier molecular flexibility index (Phi) is 6.83. The first-order valence-corrected chi connectivity index (χ1v) is 8.49. The summed E-state index contributed by atoms with van der Waals surface area (Å²) in [5, 5.41) is 0. The predicted octanol–water partition coefficient (Wildman–Crippen LogP) is 2.31.